The molecule has 0 aromatic carbocycles. The normalized spacial score (nSPS) is 22.6. The number of hydrogen-bond acceptors (Lipinski definition) is 4. The molecule has 0 bridgehead atoms. The molecular formula is C16H28N4. The van der Waals surface area contributed by atoms with Crippen molar-refractivity contribution in [3.05, 3.63) is 11.9 Å². The second kappa shape index (κ2) is 7.46. The van der Waals surface area contributed by atoms with Gasteiger partial charge in [-0.3, -0.25) is 0 Å². The highest BCUT2D eigenvalue weighted by atomic mass is 15.1. The molecule has 112 valence electrons. The van der Waals surface area contributed by atoms with Crippen molar-refractivity contribution in [2.45, 2.75) is 64.8 Å². The minimum atomic E-state index is 0.573. The molecule has 0 radical (unpaired) electrons. The molecule has 4 heteroatoms. The van der Waals surface area contributed by atoms with Crippen LogP contribution in [0.4, 0.5) is 11.6 Å². The fraction of sp³-hybridized carbons (Fsp3) is 0.750. The van der Waals surface area contributed by atoms with Crippen molar-refractivity contribution in [2.24, 2.45) is 5.92 Å². The van der Waals surface area contributed by atoms with Crippen molar-refractivity contribution in [1.29, 1.82) is 0 Å². The number of anilines is 2. The lowest BCUT2D eigenvalue weighted by Crippen LogP contribution is -2.32. The molecule has 1 aromatic heterocycles. The van der Waals surface area contributed by atoms with Crippen molar-refractivity contribution in [3.63, 3.8) is 0 Å². The summed E-state index contributed by atoms with van der Waals surface area (Å²) in [5, 5.41) is 6.91. The first kappa shape index (κ1) is 15.1. The summed E-state index contributed by atoms with van der Waals surface area (Å²) in [6.07, 6.45) is 10.4. The molecule has 0 amide bonds. The summed E-state index contributed by atoms with van der Waals surface area (Å²) < 4.78 is 0. The number of nitrogens with one attached hydrogen (secondary N) is 2. The van der Waals surface area contributed by atoms with Crippen molar-refractivity contribution in [2.75, 3.05) is 17.7 Å². The van der Waals surface area contributed by atoms with Crippen LogP contribution in [0.25, 0.3) is 0 Å². The van der Waals surface area contributed by atoms with Crippen LogP contribution in [0.5, 0.6) is 0 Å². The van der Waals surface area contributed by atoms with Gasteiger partial charge in [-0.2, -0.15) is 0 Å². The van der Waals surface area contributed by atoms with E-state index in [0.717, 1.165) is 30.4 Å². The maximum atomic E-state index is 4.51. The molecule has 2 atom stereocenters. The zero-order valence-electron chi connectivity index (χ0n) is 13.1. The summed E-state index contributed by atoms with van der Waals surface area (Å²) in [6.45, 7) is 4.50. The molecule has 1 fully saturated rings. The number of rotatable bonds is 6. The van der Waals surface area contributed by atoms with Gasteiger partial charge in [-0.15, -0.1) is 0 Å². The summed E-state index contributed by atoms with van der Waals surface area (Å²) in [5.41, 5.74) is 1.23. The Hall–Kier alpha value is -1.32. The molecule has 1 heterocycles. The maximum Gasteiger partial charge on any atom is 0.134 e. The third-order valence-corrected chi connectivity index (χ3v) is 4.44. The van der Waals surface area contributed by atoms with E-state index in [1.54, 1.807) is 6.33 Å². The standard InChI is InChI=1S/C16H28N4/c1-4-8-13-15(17-3)18-11-19-16(13)20-14-10-7-6-9-12(14)5-2/h11-12,14H,4-10H2,1-3H3,(H2,17,18,19,20). The van der Waals surface area contributed by atoms with Crippen LogP contribution in [-0.2, 0) is 6.42 Å². The van der Waals surface area contributed by atoms with Crippen molar-refractivity contribution < 1.29 is 0 Å². The van der Waals surface area contributed by atoms with Crippen LogP contribution < -0.4 is 10.6 Å². The maximum absolute atomic E-state index is 4.51. The van der Waals surface area contributed by atoms with E-state index < -0.39 is 0 Å². The van der Waals surface area contributed by atoms with Gasteiger partial charge in [0.05, 0.1) is 0 Å². The predicted octanol–water partition coefficient (Wildman–Crippen LogP) is 3.85. The smallest absolute Gasteiger partial charge is 0.134 e. The average Bonchev–Trinajstić information content (AvgIpc) is 2.49. The number of hydrogen-bond donors (Lipinski definition) is 2. The first-order valence-corrected chi connectivity index (χ1v) is 8.08. The van der Waals surface area contributed by atoms with Crippen LogP contribution in [-0.4, -0.2) is 23.1 Å². The topological polar surface area (TPSA) is 49.8 Å². The third-order valence-electron chi connectivity index (χ3n) is 4.44. The molecule has 20 heavy (non-hydrogen) atoms. The van der Waals surface area contributed by atoms with Gasteiger partial charge in [-0.05, 0) is 25.2 Å². The SMILES string of the molecule is CCCc1c(NC)ncnc1NC1CCCCC1CC. The van der Waals surface area contributed by atoms with E-state index in [-0.39, 0.29) is 0 Å². The van der Waals surface area contributed by atoms with Gasteiger partial charge in [0.15, 0.2) is 0 Å². The zero-order chi connectivity index (χ0) is 14.4. The average molecular weight is 276 g/mol. The molecule has 0 aliphatic heterocycles. The first-order valence-electron chi connectivity index (χ1n) is 8.08. The van der Waals surface area contributed by atoms with E-state index in [2.05, 4.69) is 34.4 Å². The Bertz CT molecular complexity index is 419. The summed E-state index contributed by atoms with van der Waals surface area (Å²) in [6, 6.07) is 0.573. The quantitative estimate of drug-likeness (QED) is 0.828. The van der Waals surface area contributed by atoms with Gasteiger partial charge < -0.3 is 10.6 Å². The molecule has 2 N–H and O–H groups in total. The van der Waals surface area contributed by atoms with E-state index in [1.807, 2.05) is 7.05 Å². The van der Waals surface area contributed by atoms with Crippen LogP contribution >= 0.6 is 0 Å². The Labute approximate surface area is 122 Å². The van der Waals surface area contributed by atoms with Crippen molar-refractivity contribution in [3.8, 4) is 0 Å². The van der Waals surface area contributed by atoms with E-state index in [0.29, 0.717) is 6.04 Å². The highest BCUT2D eigenvalue weighted by molar-refractivity contribution is 5.57. The minimum absolute atomic E-state index is 0.573. The molecule has 0 saturated heterocycles. The van der Waals surface area contributed by atoms with Crippen molar-refractivity contribution in [1.82, 2.24) is 9.97 Å². The molecule has 2 unspecified atom stereocenters. The highest BCUT2D eigenvalue weighted by Crippen LogP contribution is 2.31. The fourth-order valence-corrected chi connectivity index (χ4v) is 3.30. The highest BCUT2D eigenvalue weighted by Gasteiger charge is 2.24. The molecule has 4 nitrogen and oxygen atoms in total. The van der Waals surface area contributed by atoms with E-state index >= 15 is 0 Å². The Morgan fingerprint density at radius 1 is 1.15 bits per heavy atom. The molecule has 1 aromatic rings. The third kappa shape index (κ3) is 3.41. The van der Waals surface area contributed by atoms with Gasteiger partial charge in [0.25, 0.3) is 0 Å². The van der Waals surface area contributed by atoms with Crippen LogP contribution in [0.15, 0.2) is 6.33 Å². The lowest BCUT2D eigenvalue weighted by atomic mass is 9.83. The van der Waals surface area contributed by atoms with Crippen LogP contribution in [0.2, 0.25) is 0 Å². The lowest BCUT2D eigenvalue weighted by molar-refractivity contribution is 0.316. The predicted molar refractivity (Wildman–Crippen MR) is 85.2 cm³/mol. The second-order valence-corrected chi connectivity index (χ2v) is 5.75. The van der Waals surface area contributed by atoms with E-state index in [1.165, 1.54) is 37.7 Å². The van der Waals surface area contributed by atoms with E-state index in [9.17, 15) is 0 Å². The molecule has 1 aliphatic carbocycles. The van der Waals surface area contributed by atoms with Crippen LogP contribution in [0, 0.1) is 5.92 Å². The molecular weight excluding hydrogens is 248 g/mol. The Morgan fingerprint density at radius 3 is 2.60 bits per heavy atom. The lowest BCUT2D eigenvalue weighted by Gasteiger charge is -2.32. The van der Waals surface area contributed by atoms with Gasteiger partial charge in [-0.1, -0.05) is 39.5 Å². The minimum Gasteiger partial charge on any atom is -0.373 e. The largest absolute Gasteiger partial charge is 0.373 e. The van der Waals surface area contributed by atoms with Crippen molar-refractivity contribution >= 4 is 11.6 Å². The Balaban J connectivity index is 2.18. The molecule has 0 spiro atoms. The molecule has 2 rings (SSSR count). The number of aromatic nitrogens is 2. The summed E-state index contributed by atoms with van der Waals surface area (Å²) >= 11 is 0. The molecule has 1 saturated carbocycles. The number of nitrogens with zero attached hydrogens (tertiary/aromatic N) is 2. The first-order chi connectivity index (χ1) is 9.80. The molecule has 1 aliphatic rings. The summed E-state index contributed by atoms with van der Waals surface area (Å²) in [4.78, 5) is 8.85. The Kier molecular flexibility index (Phi) is 5.62. The van der Waals surface area contributed by atoms with Crippen LogP contribution in [0.3, 0.4) is 0 Å². The second-order valence-electron chi connectivity index (χ2n) is 5.75. The zero-order valence-corrected chi connectivity index (χ0v) is 13.1. The Morgan fingerprint density at radius 2 is 1.90 bits per heavy atom. The van der Waals surface area contributed by atoms with Gasteiger partial charge in [0.1, 0.15) is 18.0 Å². The summed E-state index contributed by atoms with van der Waals surface area (Å²) in [5.74, 6) is 2.79. The fourth-order valence-electron chi connectivity index (χ4n) is 3.30. The van der Waals surface area contributed by atoms with Gasteiger partial charge in [0, 0.05) is 18.7 Å². The van der Waals surface area contributed by atoms with Gasteiger partial charge in [-0.25, -0.2) is 9.97 Å². The van der Waals surface area contributed by atoms with Gasteiger partial charge >= 0.3 is 0 Å². The van der Waals surface area contributed by atoms with E-state index in [4.69, 9.17) is 0 Å². The van der Waals surface area contributed by atoms with Crippen LogP contribution in [0.1, 0.15) is 57.9 Å². The van der Waals surface area contributed by atoms with Gasteiger partial charge in [0.2, 0.25) is 0 Å². The monoisotopic (exact) mass is 276 g/mol. The summed E-state index contributed by atoms with van der Waals surface area (Å²) in [7, 11) is 1.93.